The van der Waals surface area contributed by atoms with Crippen LogP contribution in [0.3, 0.4) is 0 Å². The number of nitrogens with zero attached hydrogens (tertiary/aromatic N) is 3. The van der Waals surface area contributed by atoms with Crippen molar-refractivity contribution in [1.29, 1.82) is 0 Å². The molecule has 6 heteroatoms. The van der Waals surface area contributed by atoms with E-state index in [1.807, 2.05) is 18.9 Å². The number of nitrogens with two attached hydrogens (primary N) is 1. The third-order valence-corrected chi connectivity index (χ3v) is 2.18. The van der Waals surface area contributed by atoms with Gasteiger partial charge in [0, 0.05) is 19.2 Å². The molecule has 1 aromatic heterocycles. The van der Waals surface area contributed by atoms with Crippen molar-refractivity contribution in [2.75, 3.05) is 23.9 Å². The Labute approximate surface area is 95.5 Å². The highest BCUT2D eigenvalue weighted by atomic mass is 16.3. The van der Waals surface area contributed by atoms with Crippen LogP contribution in [0.4, 0.5) is 11.6 Å². The average molecular weight is 225 g/mol. The van der Waals surface area contributed by atoms with E-state index < -0.39 is 5.60 Å². The molecular formula is C10H19N5O. The van der Waals surface area contributed by atoms with Gasteiger partial charge >= 0.3 is 0 Å². The third-order valence-electron chi connectivity index (χ3n) is 2.18. The minimum absolute atomic E-state index is 0.481. The van der Waals surface area contributed by atoms with Gasteiger partial charge in [-0.3, -0.25) is 0 Å². The van der Waals surface area contributed by atoms with E-state index in [9.17, 15) is 5.11 Å². The molecule has 0 radical (unpaired) electrons. The van der Waals surface area contributed by atoms with Crippen LogP contribution < -0.4 is 16.2 Å². The topological polar surface area (TPSA) is 87.3 Å². The Morgan fingerprint density at radius 3 is 2.62 bits per heavy atom. The van der Waals surface area contributed by atoms with E-state index in [2.05, 4.69) is 15.4 Å². The van der Waals surface area contributed by atoms with Gasteiger partial charge in [0.2, 0.25) is 0 Å². The molecule has 0 bridgehead atoms. The molecule has 0 aliphatic rings. The number of nitrogen functional groups attached to an aromatic ring is 1. The lowest BCUT2D eigenvalue weighted by atomic mass is 10.1. The summed E-state index contributed by atoms with van der Waals surface area (Å²) in [6.45, 7) is 5.87. The van der Waals surface area contributed by atoms with Gasteiger partial charge in [0.25, 0.3) is 0 Å². The van der Waals surface area contributed by atoms with Crippen LogP contribution in [0.25, 0.3) is 0 Å². The van der Waals surface area contributed by atoms with Gasteiger partial charge in [-0.05, 0) is 20.8 Å². The first-order valence-electron chi connectivity index (χ1n) is 5.07. The van der Waals surface area contributed by atoms with Crippen LogP contribution in [0.2, 0.25) is 0 Å². The van der Waals surface area contributed by atoms with Crippen LogP contribution in [0.1, 0.15) is 19.4 Å². The van der Waals surface area contributed by atoms with Crippen molar-refractivity contribution >= 4 is 11.6 Å². The third kappa shape index (κ3) is 3.04. The first kappa shape index (κ1) is 12.7. The monoisotopic (exact) mass is 225 g/mol. The number of aromatic nitrogens is 2. The lowest BCUT2D eigenvalue weighted by Crippen LogP contribution is -2.37. The Bertz CT molecular complexity index is 361. The first-order valence-corrected chi connectivity index (χ1v) is 5.07. The molecule has 0 aliphatic heterocycles. The molecule has 1 heterocycles. The number of hydrogen-bond donors (Lipinski definition) is 3. The molecule has 0 aromatic carbocycles. The molecule has 1 rings (SSSR count). The van der Waals surface area contributed by atoms with E-state index in [1.54, 1.807) is 13.8 Å². The van der Waals surface area contributed by atoms with Gasteiger partial charge in [-0.25, -0.2) is 15.8 Å². The highest BCUT2D eigenvalue weighted by molar-refractivity contribution is 5.57. The number of likely N-dealkylation sites (N-methyl/N-ethyl adjacent to an activating group) is 1. The normalized spacial score (nSPS) is 11.4. The van der Waals surface area contributed by atoms with Gasteiger partial charge in [-0.2, -0.15) is 0 Å². The second-order valence-electron chi connectivity index (χ2n) is 4.48. The van der Waals surface area contributed by atoms with Crippen LogP contribution in [-0.4, -0.2) is 34.3 Å². The predicted octanol–water partition coefficient (Wildman–Crippen LogP) is 0.278. The van der Waals surface area contributed by atoms with Gasteiger partial charge in [0.05, 0.1) is 5.60 Å². The fourth-order valence-corrected chi connectivity index (χ4v) is 1.63. The Morgan fingerprint density at radius 2 is 2.12 bits per heavy atom. The maximum atomic E-state index is 9.74. The molecule has 0 unspecified atom stereocenters. The van der Waals surface area contributed by atoms with Crippen molar-refractivity contribution in [3.05, 3.63) is 11.9 Å². The molecule has 4 N–H and O–H groups in total. The van der Waals surface area contributed by atoms with Crippen molar-refractivity contribution in [3.63, 3.8) is 0 Å². The Balaban J connectivity index is 2.95. The molecule has 0 saturated carbocycles. The zero-order chi connectivity index (χ0) is 12.3. The molecule has 1 aromatic rings. The highest BCUT2D eigenvalue weighted by Crippen LogP contribution is 2.21. The quantitative estimate of drug-likeness (QED) is 0.504. The zero-order valence-electron chi connectivity index (χ0n) is 10.2. The fraction of sp³-hybridized carbons (Fsp3) is 0.600. The molecule has 0 aliphatic carbocycles. The maximum absolute atomic E-state index is 9.74. The van der Waals surface area contributed by atoms with E-state index >= 15 is 0 Å². The van der Waals surface area contributed by atoms with Crippen LogP contribution in [0.5, 0.6) is 0 Å². The Morgan fingerprint density at radius 1 is 1.50 bits per heavy atom. The van der Waals surface area contributed by atoms with E-state index in [1.165, 1.54) is 6.33 Å². The largest absolute Gasteiger partial charge is 0.389 e. The van der Waals surface area contributed by atoms with E-state index in [-0.39, 0.29) is 0 Å². The van der Waals surface area contributed by atoms with Crippen LogP contribution in [-0.2, 0) is 0 Å². The van der Waals surface area contributed by atoms with Crippen LogP contribution in [0.15, 0.2) is 6.33 Å². The summed E-state index contributed by atoms with van der Waals surface area (Å²) in [6, 6.07) is 0. The van der Waals surface area contributed by atoms with Crippen LogP contribution >= 0.6 is 0 Å². The van der Waals surface area contributed by atoms with Crippen molar-refractivity contribution < 1.29 is 5.11 Å². The summed E-state index contributed by atoms with van der Waals surface area (Å²) >= 11 is 0. The number of nitrogens with one attached hydrogen (secondary N) is 1. The van der Waals surface area contributed by atoms with Gasteiger partial charge in [-0.1, -0.05) is 0 Å². The van der Waals surface area contributed by atoms with Crippen molar-refractivity contribution in [1.82, 2.24) is 9.97 Å². The zero-order valence-corrected chi connectivity index (χ0v) is 10.2. The lowest BCUT2D eigenvalue weighted by Gasteiger charge is -2.27. The van der Waals surface area contributed by atoms with Crippen LogP contribution in [0, 0.1) is 6.92 Å². The number of hydrazine groups is 1. The Hall–Kier alpha value is -1.40. The van der Waals surface area contributed by atoms with E-state index in [0.717, 1.165) is 11.4 Å². The maximum Gasteiger partial charge on any atom is 0.148 e. The summed E-state index contributed by atoms with van der Waals surface area (Å²) in [5.41, 5.74) is 2.60. The second kappa shape index (κ2) is 4.63. The van der Waals surface area contributed by atoms with Gasteiger partial charge in [-0.15, -0.1) is 0 Å². The summed E-state index contributed by atoms with van der Waals surface area (Å²) < 4.78 is 0. The SMILES string of the molecule is Cc1c(NN)ncnc1N(C)CC(C)(C)O. The standard InChI is InChI=1S/C10H19N5O/c1-7-8(14-11)12-6-13-9(7)15(4)5-10(2,3)16/h6,16H,5,11H2,1-4H3,(H,12,13,14). The minimum atomic E-state index is -0.775. The minimum Gasteiger partial charge on any atom is -0.389 e. The fourth-order valence-electron chi connectivity index (χ4n) is 1.63. The summed E-state index contributed by atoms with van der Waals surface area (Å²) in [7, 11) is 1.87. The number of rotatable bonds is 4. The molecule has 0 saturated heterocycles. The second-order valence-corrected chi connectivity index (χ2v) is 4.48. The number of hydrogen-bond acceptors (Lipinski definition) is 6. The first-order chi connectivity index (χ1) is 7.35. The summed E-state index contributed by atoms with van der Waals surface area (Å²) in [5, 5.41) is 9.74. The molecule has 16 heavy (non-hydrogen) atoms. The molecule has 6 nitrogen and oxygen atoms in total. The molecule has 0 fully saturated rings. The lowest BCUT2D eigenvalue weighted by molar-refractivity contribution is 0.0884. The van der Waals surface area contributed by atoms with Crippen molar-refractivity contribution in [2.24, 2.45) is 5.84 Å². The van der Waals surface area contributed by atoms with E-state index in [4.69, 9.17) is 5.84 Å². The number of anilines is 2. The average Bonchev–Trinajstić information content (AvgIpc) is 2.15. The molecule has 0 amide bonds. The van der Waals surface area contributed by atoms with Gasteiger partial charge < -0.3 is 15.4 Å². The van der Waals surface area contributed by atoms with Gasteiger partial charge in [0.15, 0.2) is 0 Å². The molecule has 0 spiro atoms. The van der Waals surface area contributed by atoms with E-state index in [0.29, 0.717) is 12.4 Å². The smallest absolute Gasteiger partial charge is 0.148 e. The summed E-state index contributed by atoms with van der Waals surface area (Å²) in [5.74, 6) is 6.68. The number of aliphatic hydroxyl groups is 1. The summed E-state index contributed by atoms with van der Waals surface area (Å²) in [4.78, 5) is 10.1. The molecule has 0 atom stereocenters. The van der Waals surface area contributed by atoms with Crippen molar-refractivity contribution in [3.8, 4) is 0 Å². The van der Waals surface area contributed by atoms with Crippen molar-refractivity contribution in [2.45, 2.75) is 26.4 Å². The Kier molecular flexibility index (Phi) is 3.66. The summed E-state index contributed by atoms with van der Waals surface area (Å²) in [6.07, 6.45) is 1.44. The predicted molar refractivity (Wildman–Crippen MR) is 64.1 cm³/mol. The molecule has 90 valence electrons. The van der Waals surface area contributed by atoms with Gasteiger partial charge in [0.1, 0.15) is 18.0 Å². The molecular weight excluding hydrogens is 206 g/mol. The highest BCUT2D eigenvalue weighted by Gasteiger charge is 2.18.